The molecule has 5 aromatic rings. The van der Waals surface area contributed by atoms with Crippen molar-refractivity contribution < 1.29 is 57.6 Å². The van der Waals surface area contributed by atoms with Gasteiger partial charge < -0.3 is 59.4 Å². The number of benzene rings is 1. The van der Waals surface area contributed by atoms with Crippen LogP contribution in [0.25, 0.3) is 11.3 Å². The second-order valence-electron chi connectivity index (χ2n) is 21.2. The minimum absolute atomic E-state index is 0.0660. The van der Waals surface area contributed by atoms with E-state index in [0.717, 1.165) is 0 Å². The third-order valence-electron chi connectivity index (χ3n) is 13.5. The summed E-state index contributed by atoms with van der Waals surface area (Å²) in [5, 5.41) is 27.2. The van der Waals surface area contributed by atoms with Crippen LogP contribution in [0.4, 0.5) is 11.8 Å². The van der Waals surface area contributed by atoms with E-state index in [9.17, 15) is 39.1 Å². The molecule has 1 aromatic carbocycles. The highest BCUT2D eigenvalue weighted by atomic mass is 16.6. The summed E-state index contributed by atoms with van der Waals surface area (Å²) in [6.07, 6.45) is 7.13. The number of nitrogens with zero attached hydrogens (tertiary/aromatic N) is 9. The van der Waals surface area contributed by atoms with Crippen LogP contribution in [0.15, 0.2) is 85.5 Å². The van der Waals surface area contributed by atoms with Gasteiger partial charge in [-0.1, -0.05) is 32.9 Å². The summed E-state index contributed by atoms with van der Waals surface area (Å²) < 4.78 is 27.8. The third-order valence-corrected chi connectivity index (χ3v) is 13.5. The standard InChI is InChI=1S/C58H70N12O12/c1-38-35-68(56-64-32-42(33-65-56)45-14-13-44-51(73)58(5,6)70(52(44)66-45)36-41-10-8-18-60-47(41)30-59)20-21-69(38)50(72)34-62-48(71)37-81-28-27-80-26-25-79-24-23-78-22-19-61-53(74)39-9-7-11-43(29-39)82-49-15-12-40(31-63-49)54(75)67-46(55(76)77)16-17-57(2,3)4/h7-15,18,29,31-33,38,46H,16-17,19-28,34-37H2,1-6H3,(H,61,74)(H,62,71)(H,67,75)(H,76,77)/t38-,46+/m1/s1. The molecule has 0 unspecified atom stereocenters. The highest BCUT2D eigenvalue weighted by Gasteiger charge is 2.45. The first-order chi connectivity index (χ1) is 39.3. The van der Waals surface area contributed by atoms with Crippen molar-refractivity contribution in [3.63, 3.8) is 0 Å². The van der Waals surface area contributed by atoms with Crippen LogP contribution in [-0.4, -0.2) is 174 Å². The lowest BCUT2D eigenvalue weighted by Gasteiger charge is -2.39. The SMILES string of the molecule is C[C@@H]1CN(c2ncc(-c3ccc4c(n3)N(Cc3cccnc3C#N)C(C)(C)C4=O)cn2)CCN1C(=O)CNC(=O)COCCOCCOCCOCCNC(=O)c1cccc(Oc2ccc(C(=O)N[C@@H](CCC(C)(C)C)C(=O)O)cn2)c1. The van der Waals surface area contributed by atoms with Gasteiger partial charge in [0, 0.05) is 86.3 Å². The average Bonchev–Trinajstić information content (AvgIpc) is 2.55. The predicted octanol–water partition coefficient (Wildman–Crippen LogP) is 4.63. The first kappa shape index (κ1) is 61.1. The zero-order valence-electron chi connectivity index (χ0n) is 47.0. The number of carboxylic acids is 1. The molecule has 4 N–H and O–H groups in total. The molecule has 6 heterocycles. The number of ketones is 1. The van der Waals surface area contributed by atoms with Crippen molar-refractivity contribution >= 4 is 47.1 Å². The summed E-state index contributed by atoms with van der Waals surface area (Å²) in [6.45, 7) is 15.0. The van der Waals surface area contributed by atoms with E-state index in [2.05, 4.69) is 42.0 Å². The van der Waals surface area contributed by atoms with E-state index in [-0.39, 0.29) is 86.6 Å². The van der Waals surface area contributed by atoms with Crippen molar-refractivity contribution in [1.29, 1.82) is 5.26 Å². The number of nitriles is 1. The number of aliphatic carboxylic acids is 1. The Kier molecular flexibility index (Phi) is 21.4. The molecule has 24 nitrogen and oxygen atoms in total. The number of carbonyl (C=O) groups is 6. The number of ether oxygens (including phenoxy) is 5. The molecule has 0 aliphatic carbocycles. The number of nitrogens with one attached hydrogen (secondary N) is 3. The van der Waals surface area contributed by atoms with Crippen LogP contribution in [0.1, 0.15) is 96.7 Å². The van der Waals surface area contributed by atoms with Crippen LogP contribution in [0.2, 0.25) is 0 Å². The number of hydrogen-bond acceptors (Lipinski definition) is 19. The second-order valence-corrected chi connectivity index (χ2v) is 21.2. The van der Waals surface area contributed by atoms with Gasteiger partial charge in [0.1, 0.15) is 36.0 Å². The fourth-order valence-corrected chi connectivity index (χ4v) is 8.91. The summed E-state index contributed by atoms with van der Waals surface area (Å²) in [4.78, 5) is 104. The number of pyridine rings is 3. The van der Waals surface area contributed by atoms with Crippen LogP contribution >= 0.6 is 0 Å². The number of fused-ring (bicyclic) bond motifs is 1. The largest absolute Gasteiger partial charge is 0.480 e. The Morgan fingerprint density at radius 1 is 0.829 bits per heavy atom. The number of amides is 4. The van der Waals surface area contributed by atoms with E-state index >= 15 is 0 Å². The molecule has 0 radical (unpaired) electrons. The lowest BCUT2D eigenvalue weighted by molar-refractivity contribution is -0.139. The predicted molar refractivity (Wildman–Crippen MR) is 299 cm³/mol. The van der Waals surface area contributed by atoms with Gasteiger partial charge in [-0.25, -0.2) is 29.7 Å². The highest BCUT2D eigenvalue weighted by Crippen LogP contribution is 2.40. The van der Waals surface area contributed by atoms with E-state index < -0.39 is 29.4 Å². The van der Waals surface area contributed by atoms with E-state index in [1.54, 1.807) is 66.0 Å². The van der Waals surface area contributed by atoms with Gasteiger partial charge in [0.15, 0.2) is 5.78 Å². The first-order valence-electron chi connectivity index (χ1n) is 27.0. The van der Waals surface area contributed by atoms with Crippen molar-refractivity contribution in [2.24, 2.45) is 5.41 Å². The van der Waals surface area contributed by atoms with E-state index in [4.69, 9.17) is 28.7 Å². The van der Waals surface area contributed by atoms with Crippen LogP contribution < -0.4 is 30.5 Å². The smallest absolute Gasteiger partial charge is 0.326 e. The van der Waals surface area contributed by atoms with Crippen molar-refractivity contribution in [2.75, 3.05) is 95.4 Å². The molecular weight excluding hydrogens is 1060 g/mol. The Labute approximate surface area is 475 Å². The number of aromatic nitrogens is 5. The minimum Gasteiger partial charge on any atom is -0.480 e. The fraction of sp³-hybridized carbons (Fsp3) is 0.448. The van der Waals surface area contributed by atoms with Gasteiger partial charge in [-0.3, -0.25) is 24.0 Å². The summed E-state index contributed by atoms with van der Waals surface area (Å²) in [6, 6.07) is 17.5. The molecule has 0 bridgehead atoms. The summed E-state index contributed by atoms with van der Waals surface area (Å²) in [5.41, 5.74) is 2.28. The zero-order chi connectivity index (χ0) is 58.8. The van der Waals surface area contributed by atoms with Gasteiger partial charge in [-0.15, -0.1) is 0 Å². The van der Waals surface area contributed by atoms with Gasteiger partial charge >= 0.3 is 5.97 Å². The molecule has 434 valence electrons. The van der Waals surface area contributed by atoms with Gasteiger partial charge in [-0.2, -0.15) is 5.26 Å². The maximum atomic E-state index is 13.4. The number of anilines is 2. The maximum Gasteiger partial charge on any atom is 0.326 e. The van der Waals surface area contributed by atoms with Crippen molar-refractivity contribution in [3.05, 3.63) is 113 Å². The Balaban J connectivity index is 0.698. The maximum absolute atomic E-state index is 13.4. The molecule has 4 amide bonds. The molecule has 82 heavy (non-hydrogen) atoms. The summed E-state index contributed by atoms with van der Waals surface area (Å²) >= 11 is 0. The number of hydrogen-bond donors (Lipinski definition) is 4. The van der Waals surface area contributed by atoms with Crippen LogP contribution in [0.5, 0.6) is 11.6 Å². The lowest BCUT2D eigenvalue weighted by atomic mass is 9.88. The number of Topliss-reactive ketones (excluding diaryl/α,β-unsaturated/α-hetero) is 1. The molecule has 2 aliphatic heterocycles. The zero-order valence-corrected chi connectivity index (χ0v) is 47.0. The minimum atomic E-state index is -1.11. The Morgan fingerprint density at radius 3 is 2.22 bits per heavy atom. The molecule has 1 fully saturated rings. The molecule has 7 rings (SSSR count). The van der Waals surface area contributed by atoms with Crippen molar-refractivity contribution in [1.82, 2.24) is 45.8 Å². The molecule has 24 heteroatoms. The van der Waals surface area contributed by atoms with Gasteiger partial charge in [0.25, 0.3) is 11.8 Å². The van der Waals surface area contributed by atoms with Crippen molar-refractivity contribution in [2.45, 2.75) is 78.6 Å². The summed E-state index contributed by atoms with van der Waals surface area (Å²) in [7, 11) is 0. The molecule has 4 aromatic heterocycles. The topological polar surface area (TPSA) is 303 Å². The average molecular weight is 1130 g/mol. The van der Waals surface area contributed by atoms with E-state index in [1.807, 2.05) is 57.4 Å². The van der Waals surface area contributed by atoms with E-state index in [0.29, 0.717) is 110 Å². The van der Waals surface area contributed by atoms with Crippen LogP contribution in [0.3, 0.4) is 0 Å². The van der Waals surface area contributed by atoms with Crippen LogP contribution in [-0.2, 0) is 39.9 Å². The van der Waals surface area contributed by atoms with Gasteiger partial charge in [0.2, 0.25) is 23.6 Å². The molecule has 2 aliphatic rings. The number of rotatable bonds is 28. The van der Waals surface area contributed by atoms with Crippen molar-refractivity contribution in [3.8, 4) is 29.0 Å². The molecular formula is C58H70N12O12. The molecule has 0 saturated carbocycles. The Morgan fingerprint density at radius 2 is 1.55 bits per heavy atom. The van der Waals surface area contributed by atoms with Gasteiger partial charge in [-0.05, 0) is 81.5 Å². The van der Waals surface area contributed by atoms with Crippen LogP contribution in [0, 0.1) is 16.7 Å². The Hall–Kier alpha value is -8.50. The quantitative estimate of drug-likeness (QED) is 0.0496. The van der Waals surface area contributed by atoms with Gasteiger partial charge in [0.05, 0.1) is 75.2 Å². The van der Waals surface area contributed by atoms with E-state index in [1.165, 1.54) is 18.3 Å². The molecule has 2 atom stereocenters. The lowest BCUT2D eigenvalue weighted by Crippen LogP contribution is -2.56. The second kappa shape index (κ2) is 28.8. The first-order valence-corrected chi connectivity index (χ1v) is 27.0. The third kappa shape index (κ3) is 17.0. The number of carbonyl (C=O) groups excluding carboxylic acids is 5. The molecule has 1 saturated heterocycles. The molecule has 0 spiro atoms. The monoisotopic (exact) mass is 1130 g/mol. The Bertz CT molecular complexity index is 3080. The summed E-state index contributed by atoms with van der Waals surface area (Å²) in [5.74, 6) is -1.18. The highest BCUT2D eigenvalue weighted by molar-refractivity contribution is 6.13. The normalized spacial score (nSPS) is 15.1. The fourth-order valence-electron chi connectivity index (χ4n) is 8.91. The number of piperazine rings is 1. The number of carboxylic acid groups (broad SMARTS) is 1.